The number of imidazole rings is 1. The van der Waals surface area contributed by atoms with Gasteiger partial charge in [-0.15, -0.1) is 0 Å². The number of hydrogen-bond donors (Lipinski definition) is 0. The number of hydrogen-bond acceptors (Lipinski definition) is 3. The fourth-order valence-electron chi connectivity index (χ4n) is 2.50. The molecule has 0 N–H and O–H groups in total. The lowest BCUT2D eigenvalue weighted by Gasteiger charge is -2.15. The van der Waals surface area contributed by atoms with Gasteiger partial charge < -0.3 is 9.47 Å². The number of likely N-dealkylation sites (tertiary alicyclic amines) is 1. The summed E-state index contributed by atoms with van der Waals surface area (Å²) < 4.78 is 2.25. The van der Waals surface area contributed by atoms with Gasteiger partial charge in [-0.25, -0.2) is 4.98 Å². The van der Waals surface area contributed by atoms with E-state index in [-0.39, 0.29) is 5.91 Å². The summed E-state index contributed by atoms with van der Waals surface area (Å²) in [4.78, 5) is 18.7. The van der Waals surface area contributed by atoms with Crippen LogP contribution in [0.15, 0.2) is 5.16 Å². The van der Waals surface area contributed by atoms with Gasteiger partial charge in [-0.1, -0.05) is 25.6 Å². The standard InChI is InChI=1S/C15H25N3OS/c1-11(2)9-18-13(4)12(3)16-15(18)20-10-14(19)17-7-5-6-8-17/h11H,5-10H2,1-4H3. The zero-order valence-corrected chi connectivity index (χ0v) is 13.8. The molecule has 0 aromatic carbocycles. The Labute approximate surface area is 125 Å². The maximum absolute atomic E-state index is 12.1. The summed E-state index contributed by atoms with van der Waals surface area (Å²) in [6, 6.07) is 0. The Bertz CT molecular complexity index is 476. The van der Waals surface area contributed by atoms with E-state index in [1.54, 1.807) is 11.8 Å². The van der Waals surface area contributed by atoms with Crippen molar-refractivity contribution < 1.29 is 4.79 Å². The summed E-state index contributed by atoms with van der Waals surface area (Å²) in [5.74, 6) is 1.34. The number of aryl methyl sites for hydroxylation is 1. The first-order chi connectivity index (χ1) is 9.49. The van der Waals surface area contributed by atoms with Crippen LogP contribution in [0.3, 0.4) is 0 Å². The number of rotatable bonds is 5. The Kier molecular flexibility index (Phi) is 5.13. The molecule has 0 atom stereocenters. The Morgan fingerprint density at radius 1 is 1.30 bits per heavy atom. The lowest BCUT2D eigenvalue weighted by atomic mass is 10.2. The van der Waals surface area contributed by atoms with Gasteiger partial charge in [0, 0.05) is 25.3 Å². The quantitative estimate of drug-likeness (QED) is 0.784. The first-order valence-electron chi connectivity index (χ1n) is 7.43. The van der Waals surface area contributed by atoms with Gasteiger partial charge in [0.15, 0.2) is 5.16 Å². The molecule has 1 aromatic rings. The zero-order valence-electron chi connectivity index (χ0n) is 13.0. The van der Waals surface area contributed by atoms with Crippen molar-refractivity contribution in [3.8, 4) is 0 Å². The SMILES string of the molecule is Cc1nc(SCC(=O)N2CCCC2)n(CC(C)C)c1C. The van der Waals surface area contributed by atoms with E-state index in [0.717, 1.165) is 43.3 Å². The molecule has 4 nitrogen and oxygen atoms in total. The number of carbonyl (C=O) groups is 1. The minimum Gasteiger partial charge on any atom is -0.342 e. The highest BCUT2D eigenvalue weighted by Crippen LogP contribution is 2.23. The molecule has 1 aromatic heterocycles. The molecule has 0 spiro atoms. The second-order valence-corrected chi connectivity index (χ2v) is 6.89. The Morgan fingerprint density at radius 3 is 2.55 bits per heavy atom. The summed E-state index contributed by atoms with van der Waals surface area (Å²) in [6.45, 7) is 11.4. The molecule has 1 fully saturated rings. The fourth-order valence-corrected chi connectivity index (χ4v) is 3.50. The molecule has 2 heterocycles. The average Bonchev–Trinajstić information content (AvgIpc) is 3.00. The van der Waals surface area contributed by atoms with Crippen molar-refractivity contribution in [2.75, 3.05) is 18.8 Å². The van der Waals surface area contributed by atoms with Gasteiger partial charge in [0.2, 0.25) is 5.91 Å². The predicted octanol–water partition coefficient (Wildman–Crippen LogP) is 2.87. The van der Waals surface area contributed by atoms with Gasteiger partial charge in [-0.05, 0) is 32.6 Å². The van der Waals surface area contributed by atoms with E-state index in [0.29, 0.717) is 11.7 Å². The van der Waals surface area contributed by atoms with Gasteiger partial charge in [0.05, 0.1) is 11.4 Å². The second kappa shape index (κ2) is 6.66. The Balaban J connectivity index is 2.01. The first kappa shape index (κ1) is 15.4. The lowest BCUT2D eigenvalue weighted by molar-refractivity contribution is -0.127. The van der Waals surface area contributed by atoms with Gasteiger partial charge in [0.25, 0.3) is 0 Å². The third kappa shape index (κ3) is 3.57. The van der Waals surface area contributed by atoms with Crippen molar-refractivity contribution in [3.63, 3.8) is 0 Å². The molecule has 2 rings (SSSR count). The second-order valence-electron chi connectivity index (χ2n) is 5.95. The van der Waals surface area contributed by atoms with Crippen LogP contribution in [-0.4, -0.2) is 39.2 Å². The molecule has 1 aliphatic rings. The number of nitrogens with zero attached hydrogens (tertiary/aromatic N) is 3. The summed E-state index contributed by atoms with van der Waals surface area (Å²) in [5, 5.41) is 0.987. The van der Waals surface area contributed by atoms with Crippen LogP contribution >= 0.6 is 11.8 Å². The van der Waals surface area contributed by atoms with Crippen molar-refractivity contribution in [1.82, 2.24) is 14.5 Å². The molecule has 1 aliphatic heterocycles. The van der Waals surface area contributed by atoms with Crippen LogP contribution in [0.2, 0.25) is 0 Å². The van der Waals surface area contributed by atoms with Crippen LogP contribution < -0.4 is 0 Å². The number of aromatic nitrogens is 2. The first-order valence-corrected chi connectivity index (χ1v) is 8.42. The van der Waals surface area contributed by atoms with Crippen molar-refractivity contribution in [2.24, 2.45) is 5.92 Å². The van der Waals surface area contributed by atoms with Crippen LogP contribution in [0.1, 0.15) is 38.1 Å². The molecule has 0 unspecified atom stereocenters. The van der Waals surface area contributed by atoms with E-state index in [1.807, 2.05) is 11.8 Å². The van der Waals surface area contributed by atoms with Crippen molar-refractivity contribution >= 4 is 17.7 Å². The zero-order chi connectivity index (χ0) is 14.7. The maximum Gasteiger partial charge on any atom is 0.233 e. The molecule has 0 aliphatic carbocycles. The third-order valence-electron chi connectivity index (χ3n) is 3.75. The molecule has 1 saturated heterocycles. The van der Waals surface area contributed by atoms with Gasteiger partial charge in [-0.2, -0.15) is 0 Å². The van der Waals surface area contributed by atoms with Gasteiger partial charge in [0.1, 0.15) is 0 Å². The van der Waals surface area contributed by atoms with Crippen molar-refractivity contribution in [3.05, 3.63) is 11.4 Å². The van der Waals surface area contributed by atoms with Crippen LogP contribution in [0, 0.1) is 19.8 Å². The highest BCUT2D eigenvalue weighted by atomic mass is 32.2. The van der Waals surface area contributed by atoms with Crippen molar-refractivity contribution in [1.29, 1.82) is 0 Å². The lowest BCUT2D eigenvalue weighted by Crippen LogP contribution is -2.29. The molecular formula is C15H25N3OS. The monoisotopic (exact) mass is 295 g/mol. The van der Waals surface area contributed by atoms with E-state index in [2.05, 4.69) is 30.3 Å². The molecule has 0 bridgehead atoms. The van der Waals surface area contributed by atoms with E-state index in [9.17, 15) is 4.79 Å². The molecule has 0 saturated carbocycles. The summed E-state index contributed by atoms with van der Waals surface area (Å²) in [6.07, 6.45) is 2.30. The smallest absolute Gasteiger partial charge is 0.233 e. The van der Waals surface area contributed by atoms with E-state index in [1.165, 1.54) is 5.69 Å². The highest BCUT2D eigenvalue weighted by molar-refractivity contribution is 7.99. The largest absolute Gasteiger partial charge is 0.342 e. The summed E-state index contributed by atoms with van der Waals surface area (Å²) in [7, 11) is 0. The van der Waals surface area contributed by atoms with Crippen molar-refractivity contribution in [2.45, 2.75) is 52.2 Å². The van der Waals surface area contributed by atoms with E-state index in [4.69, 9.17) is 0 Å². The number of amides is 1. The number of thioether (sulfide) groups is 1. The van der Waals surface area contributed by atoms with E-state index < -0.39 is 0 Å². The van der Waals surface area contributed by atoms with Crippen LogP contribution in [0.5, 0.6) is 0 Å². The van der Waals surface area contributed by atoms with Gasteiger partial charge >= 0.3 is 0 Å². The molecule has 112 valence electrons. The minimum absolute atomic E-state index is 0.252. The molecular weight excluding hydrogens is 270 g/mol. The predicted molar refractivity (Wildman–Crippen MR) is 83.1 cm³/mol. The normalized spacial score (nSPS) is 15.3. The summed E-state index contributed by atoms with van der Waals surface area (Å²) in [5.41, 5.74) is 2.29. The summed E-state index contributed by atoms with van der Waals surface area (Å²) >= 11 is 1.58. The molecule has 20 heavy (non-hydrogen) atoms. The van der Waals surface area contributed by atoms with E-state index >= 15 is 0 Å². The van der Waals surface area contributed by atoms with Crippen LogP contribution in [-0.2, 0) is 11.3 Å². The Hall–Kier alpha value is -0.970. The van der Waals surface area contributed by atoms with Crippen LogP contribution in [0.4, 0.5) is 0 Å². The van der Waals surface area contributed by atoms with Crippen LogP contribution in [0.25, 0.3) is 0 Å². The van der Waals surface area contributed by atoms with Gasteiger partial charge in [-0.3, -0.25) is 4.79 Å². The minimum atomic E-state index is 0.252. The molecule has 1 amide bonds. The maximum atomic E-state index is 12.1. The highest BCUT2D eigenvalue weighted by Gasteiger charge is 2.19. The molecule has 0 radical (unpaired) electrons. The molecule has 5 heteroatoms. The Morgan fingerprint density at radius 2 is 1.95 bits per heavy atom. The number of carbonyl (C=O) groups excluding carboxylic acids is 1. The third-order valence-corrected chi connectivity index (χ3v) is 4.72. The fraction of sp³-hybridized carbons (Fsp3) is 0.733. The topological polar surface area (TPSA) is 38.1 Å². The average molecular weight is 295 g/mol.